The molecular weight excluding hydrogens is 244 g/mol. The number of hydrogen-bond acceptors (Lipinski definition) is 4. The summed E-state index contributed by atoms with van der Waals surface area (Å²) >= 11 is 0. The molecule has 1 rings (SSSR count). The van der Waals surface area contributed by atoms with E-state index in [0.717, 1.165) is 5.56 Å². The predicted molar refractivity (Wildman–Crippen MR) is 71.5 cm³/mol. The zero-order valence-corrected chi connectivity index (χ0v) is 11.0. The van der Waals surface area contributed by atoms with Crippen LogP contribution in [0.25, 0.3) is 0 Å². The molecule has 1 aromatic rings. The lowest BCUT2D eigenvalue weighted by atomic mass is 10.2. The fraction of sp³-hybridized carbons (Fsp3) is 0.333. The van der Waals surface area contributed by atoms with E-state index in [1.807, 2.05) is 30.3 Å². The number of carbonyl (C=O) groups excluding carboxylic acids is 2. The minimum Gasteiger partial charge on any atom is -0.461 e. The Kier molecular flexibility index (Phi) is 7.20. The normalized spacial score (nSPS) is 10.6. The van der Waals surface area contributed by atoms with Crippen molar-refractivity contribution in [1.29, 1.82) is 0 Å². The number of benzene rings is 1. The summed E-state index contributed by atoms with van der Waals surface area (Å²) < 4.78 is 10.2. The molecule has 0 unspecified atom stereocenters. The molecular formula is C15H18O4. The first kappa shape index (κ1) is 15.1. The van der Waals surface area contributed by atoms with Crippen molar-refractivity contribution in [1.82, 2.24) is 0 Å². The Balaban J connectivity index is 2.05. The van der Waals surface area contributed by atoms with E-state index in [1.165, 1.54) is 6.92 Å². The van der Waals surface area contributed by atoms with Crippen LogP contribution in [0.3, 0.4) is 0 Å². The van der Waals surface area contributed by atoms with Crippen molar-refractivity contribution in [2.45, 2.75) is 20.0 Å². The van der Waals surface area contributed by atoms with Crippen LogP contribution in [-0.2, 0) is 25.7 Å². The first-order valence-corrected chi connectivity index (χ1v) is 6.10. The van der Waals surface area contributed by atoms with Crippen molar-refractivity contribution in [3.05, 3.63) is 48.0 Å². The van der Waals surface area contributed by atoms with Crippen molar-refractivity contribution < 1.29 is 19.1 Å². The summed E-state index contributed by atoms with van der Waals surface area (Å²) in [5.74, 6) is -0.692. The quantitative estimate of drug-likeness (QED) is 0.312. The Morgan fingerprint density at radius 3 is 2.47 bits per heavy atom. The molecule has 0 amide bonds. The summed E-state index contributed by atoms with van der Waals surface area (Å²) in [6.45, 7) is 2.53. The summed E-state index contributed by atoms with van der Waals surface area (Å²) in [6, 6.07) is 9.87. The largest absolute Gasteiger partial charge is 0.461 e. The van der Waals surface area contributed by atoms with Gasteiger partial charge < -0.3 is 9.47 Å². The highest BCUT2D eigenvalue weighted by Gasteiger charge is 2.04. The molecule has 0 saturated carbocycles. The Labute approximate surface area is 113 Å². The van der Waals surface area contributed by atoms with Crippen LogP contribution in [0.2, 0.25) is 0 Å². The van der Waals surface area contributed by atoms with Gasteiger partial charge in [-0.15, -0.1) is 0 Å². The van der Waals surface area contributed by atoms with Gasteiger partial charge in [-0.25, -0.2) is 0 Å². The van der Waals surface area contributed by atoms with Crippen LogP contribution in [0.1, 0.15) is 18.9 Å². The van der Waals surface area contributed by atoms with Crippen LogP contribution >= 0.6 is 0 Å². The first-order valence-electron chi connectivity index (χ1n) is 6.10. The molecule has 0 aliphatic heterocycles. The molecule has 0 radical (unpaired) electrons. The lowest BCUT2D eigenvalue weighted by Crippen LogP contribution is -2.08. The summed E-state index contributed by atoms with van der Waals surface area (Å²) in [5, 5.41) is 0. The summed E-state index contributed by atoms with van der Waals surface area (Å²) in [5.41, 5.74) is 1.11. The number of carbonyl (C=O) groups is 2. The minimum absolute atomic E-state index is 0.167. The number of esters is 1. The molecule has 19 heavy (non-hydrogen) atoms. The van der Waals surface area contributed by atoms with Gasteiger partial charge in [0, 0.05) is 0 Å². The Hall–Kier alpha value is -1.94. The molecule has 0 atom stereocenters. The summed E-state index contributed by atoms with van der Waals surface area (Å²) in [6.07, 6.45) is 3.31. The average molecular weight is 262 g/mol. The molecule has 0 aromatic heterocycles. The molecule has 0 saturated heterocycles. The zero-order valence-electron chi connectivity index (χ0n) is 11.0. The summed E-state index contributed by atoms with van der Waals surface area (Å²) in [7, 11) is 0. The highest BCUT2D eigenvalue weighted by Crippen LogP contribution is 2.00. The van der Waals surface area contributed by atoms with Crippen LogP contribution < -0.4 is 0 Å². The van der Waals surface area contributed by atoms with Crippen LogP contribution in [0.4, 0.5) is 0 Å². The van der Waals surface area contributed by atoms with Gasteiger partial charge in [0.1, 0.15) is 18.8 Å². The number of Topliss-reactive ketones (excluding diaryl/α,β-unsaturated/α-hetero) is 1. The van der Waals surface area contributed by atoms with Gasteiger partial charge >= 0.3 is 5.97 Å². The van der Waals surface area contributed by atoms with Gasteiger partial charge in [0.2, 0.25) is 0 Å². The number of rotatable bonds is 8. The fourth-order valence-electron chi connectivity index (χ4n) is 1.35. The predicted octanol–water partition coefficient (Wildman–Crippen LogP) is 2.28. The fourth-order valence-corrected chi connectivity index (χ4v) is 1.35. The van der Waals surface area contributed by atoms with Crippen molar-refractivity contribution >= 4 is 11.8 Å². The SMILES string of the molecule is CC(=O)CC(=O)OC/C=C\COCc1ccccc1. The smallest absolute Gasteiger partial charge is 0.313 e. The van der Waals surface area contributed by atoms with Crippen molar-refractivity contribution in [3.8, 4) is 0 Å². The third kappa shape index (κ3) is 7.89. The molecule has 0 heterocycles. The Bertz CT molecular complexity index is 423. The third-order valence-electron chi connectivity index (χ3n) is 2.23. The molecule has 0 aliphatic rings. The van der Waals surface area contributed by atoms with Crippen LogP contribution in [0, 0.1) is 0 Å². The maximum atomic E-state index is 11.0. The molecule has 0 fully saturated rings. The number of ether oxygens (including phenoxy) is 2. The average Bonchev–Trinajstić information content (AvgIpc) is 2.38. The van der Waals surface area contributed by atoms with Crippen molar-refractivity contribution in [3.63, 3.8) is 0 Å². The lowest BCUT2D eigenvalue weighted by molar-refractivity contribution is -0.144. The van der Waals surface area contributed by atoms with Crippen molar-refractivity contribution in [2.75, 3.05) is 13.2 Å². The molecule has 0 spiro atoms. The van der Waals surface area contributed by atoms with E-state index in [4.69, 9.17) is 9.47 Å². The van der Waals surface area contributed by atoms with E-state index in [-0.39, 0.29) is 18.8 Å². The van der Waals surface area contributed by atoms with Gasteiger partial charge in [-0.05, 0) is 18.6 Å². The molecule has 4 nitrogen and oxygen atoms in total. The standard InChI is InChI=1S/C15H18O4/c1-13(16)11-15(17)19-10-6-5-9-18-12-14-7-3-2-4-8-14/h2-8H,9-12H2,1H3/b6-5-. The number of ketones is 1. The highest BCUT2D eigenvalue weighted by atomic mass is 16.5. The van der Waals surface area contributed by atoms with Gasteiger partial charge in [0.05, 0.1) is 13.2 Å². The van der Waals surface area contributed by atoms with E-state index in [9.17, 15) is 9.59 Å². The topological polar surface area (TPSA) is 52.6 Å². The van der Waals surface area contributed by atoms with Gasteiger partial charge in [-0.2, -0.15) is 0 Å². The zero-order chi connectivity index (χ0) is 13.9. The van der Waals surface area contributed by atoms with Gasteiger partial charge in [-0.3, -0.25) is 9.59 Å². The van der Waals surface area contributed by atoms with E-state index >= 15 is 0 Å². The second-order valence-electron chi connectivity index (χ2n) is 4.03. The third-order valence-corrected chi connectivity index (χ3v) is 2.23. The first-order chi connectivity index (χ1) is 9.18. The van der Waals surface area contributed by atoms with Crippen LogP contribution in [-0.4, -0.2) is 25.0 Å². The van der Waals surface area contributed by atoms with Gasteiger partial charge in [0.15, 0.2) is 0 Å². The van der Waals surface area contributed by atoms with Crippen LogP contribution in [0.15, 0.2) is 42.5 Å². The van der Waals surface area contributed by atoms with E-state index in [0.29, 0.717) is 13.2 Å². The van der Waals surface area contributed by atoms with Crippen LogP contribution in [0.5, 0.6) is 0 Å². The van der Waals surface area contributed by atoms with E-state index in [1.54, 1.807) is 12.2 Å². The second kappa shape index (κ2) is 9.05. The summed E-state index contributed by atoms with van der Waals surface area (Å²) in [4.78, 5) is 21.6. The maximum Gasteiger partial charge on any atom is 0.313 e. The molecule has 4 heteroatoms. The molecule has 0 bridgehead atoms. The Morgan fingerprint density at radius 1 is 1.11 bits per heavy atom. The molecule has 0 N–H and O–H groups in total. The monoisotopic (exact) mass is 262 g/mol. The number of hydrogen-bond donors (Lipinski definition) is 0. The minimum atomic E-state index is -0.498. The second-order valence-corrected chi connectivity index (χ2v) is 4.03. The lowest BCUT2D eigenvalue weighted by Gasteiger charge is -2.01. The molecule has 102 valence electrons. The van der Waals surface area contributed by atoms with E-state index in [2.05, 4.69) is 0 Å². The van der Waals surface area contributed by atoms with Crippen molar-refractivity contribution in [2.24, 2.45) is 0 Å². The molecule has 0 aliphatic carbocycles. The highest BCUT2D eigenvalue weighted by molar-refractivity contribution is 5.94. The van der Waals surface area contributed by atoms with Gasteiger partial charge in [0.25, 0.3) is 0 Å². The van der Waals surface area contributed by atoms with Gasteiger partial charge in [-0.1, -0.05) is 36.4 Å². The Morgan fingerprint density at radius 2 is 1.79 bits per heavy atom. The maximum absolute atomic E-state index is 11.0. The van der Waals surface area contributed by atoms with E-state index < -0.39 is 5.97 Å². The molecule has 1 aromatic carbocycles.